The van der Waals surface area contributed by atoms with Crippen molar-refractivity contribution < 1.29 is 17.9 Å². The first kappa shape index (κ1) is 20.5. The van der Waals surface area contributed by atoms with Crippen LogP contribution in [0.4, 0.5) is 11.4 Å². The third-order valence-corrected chi connectivity index (χ3v) is 6.84. The quantitative estimate of drug-likeness (QED) is 0.517. The lowest BCUT2D eigenvalue weighted by Crippen LogP contribution is -2.15. The van der Waals surface area contributed by atoms with Gasteiger partial charge in [0.1, 0.15) is 10.6 Å². The van der Waals surface area contributed by atoms with Gasteiger partial charge in [0.25, 0.3) is 15.9 Å². The summed E-state index contributed by atoms with van der Waals surface area (Å²) < 4.78 is 34.0. The van der Waals surface area contributed by atoms with Crippen molar-refractivity contribution in [2.75, 3.05) is 10.0 Å². The minimum absolute atomic E-state index is 0.000226. The Hall–Kier alpha value is -2.74. The van der Waals surface area contributed by atoms with Crippen LogP contribution in [0, 0.1) is 13.8 Å². The predicted molar refractivity (Wildman–Crippen MR) is 118 cm³/mol. The van der Waals surface area contributed by atoms with Gasteiger partial charge < -0.3 is 10.1 Å². The number of anilines is 2. The molecule has 0 saturated heterocycles. The summed E-state index contributed by atoms with van der Waals surface area (Å²) in [7, 11) is -4.01. The number of benzene rings is 3. The molecule has 0 atom stereocenters. The molecule has 154 valence electrons. The van der Waals surface area contributed by atoms with Crippen molar-refractivity contribution in [3.8, 4) is 11.5 Å². The van der Waals surface area contributed by atoms with E-state index in [0.717, 1.165) is 5.56 Å². The summed E-state index contributed by atoms with van der Waals surface area (Å²) in [5, 5.41) is 3.15. The van der Waals surface area contributed by atoms with Crippen molar-refractivity contribution in [1.29, 1.82) is 0 Å². The van der Waals surface area contributed by atoms with Crippen molar-refractivity contribution in [3.63, 3.8) is 0 Å². The molecule has 2 N–H and O–H groups in total. The number of amides is 1. The van der Waals surface area contributed by atoms with Crippen molar-refractivity contribution >= 4 is 50.5 Å². The van der Waals surface area contributed by atoms with Crippen LogP contribution in [0.3, 0.4) is 0 Å². The highest BCUT2D eigenvalue weighted by molar-refractivity contribution is 7.92. The Morgan fingerprint density at radius 3 is 2.43 bits per heavy atom. The number of ether oxygens (including phenoxy) is 1. The second-order valence-corrected chi connectivity index (χ2v) is 9.37. The molecule has 0 aliphatic carbocycles. The van der Waals surface area contributed by atoms with Crippen molar-refractivity contribution in [2.45, 2.75) is 18.7 Å². The summed E-state index contributed by atoms with van der Waals surface area (Å²) in [6.07, 6.45) is 0. The van der Waals surface area contributed by atoms with Crippen LogP contribution in [0.25, 0.3) is 0 Å². The van der Waals surface area contributed by atoms with Crippen molar-refractivity contribution in [2.24, 2.45) is 0 Å². The highest BCUT2D eigenvalue weighted by atomic mass is 35.5. The van der Waals surface area contributed by atoms with Gasteiger partial charge in [-0.05, 0) is 67.4 Å². The SMILES string of the molecule is Cc1ccc2c(c1)NC(=O)c1cc(NS(=O)(=O)c3cc(C)c(Cl)cc3Cl)ccc1O2. The van der Waals surface area contributed by atoms with Gasteiger partial charge in [-0.2, -0.15) is 0 Å². The lowest BCUT2D eigenvalue weighted by Gasteiger charge is -2.13. The van der Waals surface area contributed by atoms with Gasteiger partial charge in [0.2, 0.25) is 0 Å². The normalized spacial score (nSPS) is 12.9. The van der Waals surface area contributed by atoms with E-state index in [1.807, 2.05) is 13.0 Å². The van der Waals surface area contributed by atoms with Crippen LogP contribution < -0.4 is 14.8 Å². The minimum Gasteiger partial charge on any atom is -0.454 e. The van der Waals surface area contributed by atoms with E-state index in [0.29, 0.717) is 27.8 Å². The fourth-order valence-electron chi connectivity index (χ4n) is 3.05. The first-order valence-corrected chi connectivity index (χ1v) is 11.1. The van der Waals surface area contributed by atoms with Gasteiger partial charge in [0.15, 0.2) is 5.75 Å². The monoisotopic (exact) mass is 462 g/mol. The molecule has 3 aromatic carbocycles. The third kappa shape index (κ3) is 3.84. The molecular weight excluding hydrogens is 447 g/mol. The first-order chi connectivity index (χ1) is 14.1. The molecule has 30 heavy (non-hydrogen) atoms. The number of fused-ring (bicyclic) bond motifs is 2. The molecule has 1 aliphatic rings. The molecule has 0 spiro atoms. The van der Waals surface area contributed by atoms with E-state index in [4.69, 9.17) is 27.9 Å². The van der Waals surface area contributed by atoms with Gasteiger partial charge in [-0.25, -0.2) is 8.42 Å². The van der Waals surface area contributed by atoms with E-state index < -0.39 is 15.9 Å². The maximum atomic E-state index is 12.8. The largest absolute Gasteiger partial charge is 0.454 e. The second kappa shape index (κ2) is 7.50. The zero-order chi connectivity index (χ0) is 21.6. The molecule has 1 heterocycles. The Bertz CT molecular complexity index is 1310. The molecule has 0 aromatic heterocycles. The number of aryl methyl sites for hydroxylation is 2. The van der Waals surface area contributed by atoms with E-state index in [1.165, 1.54) is 30.3 Å². The smallest absolute Gasteiger partial charge is 0.263 e. The van der Waals surface area contributed by atoms with Crippen LogP contribution in [-0.4, -0.2) is 14.3 Å². The Morgan fingerprint density at radius 2 is 1.67 bits per heavy atom. The van der Waals surface area contributed by atoms with Gasteiger partial charge in [-0.1, -0.05) is 29.3 Å². The molecule has 0 unspecified atom stereocenters. The summed E-state index contributed by atoms with van der Waals surface area (Å²) in [6, 6.07) is 12.7. The molecule has 0 saturated carbocycles. The van der Waals surface area contributed by atoms with Crippen LogP contribution in [0.1, 0.15) is 21.5 Å². The van der Waals surface area contributed by atoms with Crippen LogP contribution in [-0.2, 0) is 10.0 Å². The Balaban J connectivity index is 1.69. The predicted octanol–water partition coefficient (Wildman–Crippen LogP) is 5.77. The van der Waals surface area contributed by atoms with E-state index in [-0.39, 0.29) is 21.2 Å². The molecular formula is C21H16Cl2N2O4S. The fourth-order valence-corrected chi connectivity index (χ4v) is 4.93. The Labute approximate surface area is 183 Å². The zero-order valence-electron chi connectivity index (χ0n) is 15.9. The maximum Gasteiger partial charge on any atom is 0.263 e. The number of hydrogen-bond donors (Lipinski definition) is 2. The molecule has 4 rings (SSSR count). The van der Waals surface area contributed by atoms with Gasteiger partial charge in [-0.15, -0.1) is 0 Å². The molecule has 1 amide bonds. The highest BCUT2D eigenvalue weighted by Gasteiger charge is 2.24. The average molecular weight is 463 g/mol. The van der Waals surface area contributed by atoms with E-state index in [9.17, 15) is 13.2 Å². The van der Waals surface area contributed by atoms with Gasteiger partial charge in [-0.3, -0.25) is 9.52 Å². The van der Waals surface area contributed by atoms with Gasteiger partial charge in [0.05, 0.1) is 16.3 Å². The molecule has 0 fully saturated rings. The highest BCUT2D eigenvalue weighted by Crippen LogP contribution is 2.37. The minimum atomic E-state index is -4.01. The first-order valence-electron chi connectivity index (χ1n) is 8.86. The summed E-state index contributed by atoms with van der Waals surface area (Å²) >= 11 is 12.1. The second-order valence-electron chi connectivity index (χ2n) is 6.90. The molecule has 9 heteroatoms. The van der Waals surface area contributed by atoms with Crippen molar-refractivity contribution in [3.05, 3.63) is 75.3 Å². The van der Waals surface area contributed by atoms with E-state index in [1.54, 1.807) is 19.1 Å². The maximum absolute atomic E-state index is 12.8. The molecule has 0 bridgehead atoms. The van der Waals surface area contributed by atoms with Crippen LogP contribution in [0.2, 0.25) is 10.0 Å². The summed E-state index contributed by atoms with van der Waals surface area (Å²) in [5.41, 5.74) is 2.47. The number of nitrogens with one attached hydrogen (secondary N) is 2. The number of halogens is 2. The summed E-state index contributed by atoms with van der Waals surface area (Å²) in [6.45, 7) is 3.59. The lowest BCUT2D eigenvalue weighted by molar-refractivity contribution is 0.102. The summed E-state index contributed by atoms with van der Waals surface area (Å²) in [4.78, 5) is 12.6. The number of rotatable bonds is 3. The fraction of sp³-hybridized carbons (Fsp3) is 0.0952. The van der Waals surface area contributed by atoms with E-state index >= 15 is 0 Å². The molecule has 0 radical (unpaired) electrons. The summed E-state index contributed by atoms with van der Waals surface area (Å²) in [5.74, 6) is 0.415. The van der Waals surface area contributed by atoms with Crippen molar-refractivity contribution in [1.82, 2.24) is 0 Å². The molecule has 1 aliphatic heterocycles. The van der Waals surface area contributed by atoms with Crippen LogP contribution in [0.15, 0.2) is 53.4 Å². The zero-order valence-corrected chi connectivity index (χ0v) is 18.2. The third-order valence-electron chi connectivity index (χ3n) is 4.58. The van der Waals surface area contributed by atoms with Crippen LogP contribution in [0.5, 0.6) is 11.5 Å². The number of carbonyl (C=O) groups is 1. The Morgan fingerprint density at radius 1 is 0.933 bits per heavy atom. The van der Waals surface area contributed by atoms with Gasteiger partial charge in [0, 0.05) is 10.7 Å². The topological polar surface area (TPSA) is 84.5 Å². The van der Waals surface area contributed by atoms with Gasteiger partial charge >= 0.3 is 0 Å². The van der Waals surface area contributed by atoms with E-state index in [2.05, 4.69) is 10.0 Å². The average Bonchev–Trinajstić information content (AvgIpc) is 2.80. The molecule has 3 aromatic rings. The standard InChI is InChI=1S/C21H16Cl2N2O4S/c1-11-3-5-19-17(7-11)24-21(26)14-9-13(4-6-18(14)29-19)25-30(27,28)20-8-12(2)15(22)10-16(20)23/h3-10,25H,1-2H3,(H,24,26). The Kier molecular flexibility index (Phi) is 5.13. The molecule has 6 nitrogen and oxygen atoms in total. The van der Waals surface area contributed by atoms with Crippen LogP contribution >= 0.6 is 23.2 Å². The number of hydrogen-bond acceptors (Lipinski definition) is 4. The number of sulfonamides is 1. The number of carbonyl (C=O) groups excluding carboxylic acids is 1. The lowest BCUT2D eigenvalue weighted by atomic mass is 10.1.